The van der Waals surface area contributed by atoms with Crippen molar-refractivity contribution in [3.8, 4) is 5.75 Å². The third kappa shape index (κ3) is 2.93. The quantitative estimate of drug-likeness (QED) is 0.919. The molecule has 2 atom stereocenters. The van der Waals surface area contributed by atoms with Gasteiger partial charge in [-0.15, -0.1) is 0 Å². The number of para-hydroxylation sites is 1. The van der Waals surface area contributed by atoms with Crippen LogP contribution in [0.3, 0.4) is 0 Å². The zero-order valence-corrected chi connectivity index (χ0v) is 12.1. The van der Waals surface area contributed by atoms with Crippen molar-refractivity contribution < 1.29 is 14.2 Å². The van der Waals surface area contributed by atoms with Crippen molar-refractivity contribution >= 4 is 0 Å². The number of hydrogen-bond donors (Lipinski definition) is 1. The number of fused-ring (bicyclic) bond motifs is 1. The number of aliphatic hydroxyl groups excluding tert-OH is 1. The first-order valence-electron chi connectivity index (χ1n) is 7.31. The van der Waals surface area contributed by atoms with Crippen LogP contribution in [-0.4, -0.2) is 11.7 Å². The Morgan fingerprint density at radius 1 is 1.29 bits per heavy atom. The summed E-state index contributed by atoms with van der Waals surface area (Å²) in [5.74, 6) is 0.879. The molecule has 0 radical (unpaired) electrons. The van der Waals surface area contributed by atoms with Gasteiger partial charge in [-0.2, -0.15) is 0 Å². The maximum atomic E-state index is 13.6. The van der Waals surface area contributed by atoms with E-state index in [1.54, 1.807) is 19.1 Å². The van der Waals surface area contributed by atoms with Gasteiger partial charge in [0.15, 0.2) is 0 Å². The Kier molecular flexibility index (Phi) is 3.93. The van der Waals surface area contributed by atoms with Crippen molar-refractivity contribution in [2.24, 2.45) is 0 Å². The van der Waals surface area contributed by atoms with E-state index < -0.39 is 6.10 Å². The lowest BCUT2D eigenvalue weighted by atomic mass is 9.86. The number of hydrogen-bond acceptors (Lipinski definition) is 2. The fourth-order valence-electron chi connectivity index (χ4n) is 2.88. The largest absolute Gasteiger partial charge is 0.493 e. The van der Waals surface area contributed by atoms with Crippen molar-refractivity contribution in [3.05, 3.63) is 65.0 Å². The number of benzene rings is 2. The average molecular weight is 286 g/mol. The van der Waals surface area contributed by atoms with Crippen LogP contribution in [0.4, 0.5) is 4.39 Å². The third-order valence-electron chi connectivity index (χ3n) is 4.17. The molecule has 0 amide bonds. The van der Waals surface area contributed by atoms with Crippen LogP contribution in [0, 0.1) is 12.7 Å². The van der Waals surface area contributed by atoms with E-state index in [2.05, 4.69) is 0 Å². The zero-order valence-electron chi connectivity index (χ0n) is 12.1. The van der Waals surface area contributed by atoms with Gasteiger partial charge in [-0.3, -0.25) is 0 Å². The van der Waals surface area contributed by atoms with E-state index in [1.165, 1.54) is 6.07 Å². The molecule has 2 nitrogen and oxygen atoms in total. The molecule has 0 fully saturated rings. The molecular formula is C18H19FO2. The van der Waals surface area contributed by atoms with E-state index in [9.17, 15) is 9.50 Å². The molecular weight excluding hydrogens is 267 g/mol. The highest BCUT2D eigenvalue weighted by molar-refractivity contribution is 5.38. The van der Waals surface area contributed by atoms with Crippen LogP contribution in [0.2, 0.25) is 0 Å². The van der Waals surface area contributed by atoms with E-state index >= 15 is 0 Å². The van der Waals surface area contributed by atoms with Crippen molar-refractivity contribution in [2.75, 3.05) is 6.61 Å². The number of ether oxygens (including phenoxy) is 1. The third-order valence-corrected chi connectivity index (χ3v) is 4.17. The van der Waals surface area contributed by atoms with E-state index in [0.29, 0.717) is 24.2 Å². The summed E-state index contributed by atoms with van der Waals surface area (Å²) in [6.45, 7) is 2.39. The number of aryl methyl sites for hydroxylation is 1. The van der Waals surface area contributed by atoms with Crippen LogP contribution in [0.25, 0.3) is 0 Å². The summed E-state index contributed by atoms with van der Waals surface area (Å²) in [6, 6.07) is 12.9. The van der Waals surface area contributed by atoms with Crippen LogP contribution in [0.5, 0.6) is 5.75 Å². The molecule has 0 saturated carbocycles. The van der Waals surface area contributed by atoms with E-state index in [4.69, 9.17) is 4.74 Å². The predicted octanol–water partition coefficient (Wildman–Crippen LogP) is 4.12. The molecule has 1 N–H and O–H groups in total. The maximum absolute atomic E-state index is 13.6. The average Bonchev–Trinajstić information content (AvgIpc) is 2.50. The Hall–Kier alpha value is -1.87. The van der Waals surface area contributed by atoms with Gasteiger partial charge >= 0.3 is 0 Å². The van der Waals surface area contributed by atoms with Crippen LogP contribution in [0.15, 0.2) is 42.5 Å². The molecule has 3 heteroatoms. The summed E-state index contributed by atoms with van der Waals surface area (Å²) in [6.07, 6.45) is 0.807. The summed E-state index contributed by atoms with van der Waals surface area (Å²) in [7, 11) is 0. The molecule has 0 spiro atoms. The van der Waals surface area contributed by atoms with Crippen LogP contribution < -0.4 is 4.74 Å². The molecule has 1 aliphatic heterocycles. The van der Waals surface area contributed by atoms with Crippen molar-refractivity contribution in [1.82, 2.24) is 0 Å². The second-order valence-electron chi connectivity index (χ2n) is 5.63. The predicted molar refractivity (Wildman–Crippen MR) is 80.0 cm³/mol. The Labute approximate surface area is 124 Å². The van der Waals surface area contributed by atoms with Gasteiger partial charge in [0, 0.05) is 0 Å². The van der Waals surface area contributed by atoms with Gasteiger partial charge in [0.2, 0.25) is 0 Å². The topological polar surface area (TPSA) is 29.5 Å². The fourth-order valence-corrected chi connectivity index (χ4v) is 2.88. The Bertz CT molecular complexity index is 639. The lowest BCUT2D eigenvalue weighted by Gasteiger charge is -2.27. The standard InChI is InChI=1S/C18H19FO2/c1-12-6-7-14(10-16(12)19)17(20)11-13-8-9-21-18-5-3-2-4-15(13)18/h2-7,10,13,17,20H,8-9,11H2,1H3. The smallest absolute Gasteiger partial charge is 0.126 e. The lowest BCUT2D eigenvalue weighted by Crippen LogP contribution is -2.16. The summed E-state index contributed by atoms with van der Waals surface area (Å²) in [5, 5.41) is 10.4. The van der Waals surface area contributed by atoms with Gasteiger partial charge in [-0.25, -0.2) is 4.39 Å². The molecule has 2 unspecified atom stereocenters. The van der Waals surface area contributed by atoms with Crippen molar-refractivity contribution in [1.29, 1.82) is 0 Å². The molecule has 0 aliphatic carbocycles. The highest BCUT2D eigenvalue weighted by Crippen LogP contribution is 2.38. The number of halogens is 1. The normalized spacial score (nSPS) is 18.7. The van der Waals surface area contributed by atoms with Gasteiger partial charge in [0.05, 0.1) is 12.7 Å². The zero-order chi connectivity index (χ0) is 14.8. The van der Waals surface area contributed by atoms with Gasteiger partial charge < -0.3 is 9.84 Å². The first-order chi connectivity index (χ1) is 10.1. The van der Waals surface area contributed by atoms with Crippen LogP contribution in [0.1, 0.15) is 41.6 Å². The maximum Gasteiger partial charge on any atom is 0.126 e. The highest BCUT2D eigenvalue weighted by atomic mass is 19.1. The van der Waals surface area contributed by atoms with Crippen LogP contribution in [-0.2, 0) is 0 Å². The monoisotopic (exact) mass is 286 g/mol. The Balaban J connectivity index is 1.79. The molecule has 2 aromatic carbocycles. The van der Waals surface area contributed by atoms with Crippen LogP contribution >= 0.6 is 0 Å². The summed E-state index contributed by atoms with van der Waals surface area (Å²) in [5.41, 5.74) is 2.37. The molecule has 110 valence electrons. The Morgan fingerprint density at radius 3 is 2.90 bits per heavy atom. The molecule has 0 bridgehead atoms. The first kappa shape index (κ1) is 14.1. The summed E-state index contributed by atoms with van der Waals surface area (Å²) in [4.78, 5) is 0. The van der Waals surface area contributed by atoms with Gasteiger partial charge in [-0.1, -0.05) is 30.3 Å². The number of aliphatic hydroxyl groups is 1. The molecule has 3 rings (SSSR count). The molecule has 1 aliphatic rings. The molecule has 2 aromatic rings. The molecule has 0 aromatic heterocycles. The highest BCUT2D eigenvalue weighted by Gasteiger charge is 2.24. The van der Waals surface area contributed by atoms with Gasteiger partial charge in [-0.05, 0) is 54.5 Å². The second kappa shape index (κ2) is 5.86. The minimum absolute atomic E-state index is 0.245. The Morgan fingerprint density at radius 2 is 2.10 bits per heavy atom. The van der Waals surface area contributed by atoms with Gasteiger partial charge in [0.25, 0.3) is 0 Å². The first-order valence-corrected chi connectivity index (χ1v) is 7.31. The van der Waals surface area contributed by atoms with E-state index in [1.807, 2.05) is 24.3 Å². The van der Waals surface area contributed by atoms with Crippen molar-refractivity contribution in [2.45, 2.75) is 31.8 Å². The molecule has 1 heterocycles. The SMILES string of the molecule is Cc1ccc(C(O)CC2CCOc3ccccc32)cc1F. The molecule has 21 heavy (non-hydrogen) atoms. The number of rotatable bonds is 3. The van der Waals surface area contributed by atoms with Crippen molar-refractivity contribution in [3.63, 3.8) is 0 Å². The fraction of sp³-hybridized carbons (Fsp3) is 0.333. The minimum Gasteiger partial charge on any atom is -0.493 e. The second-order valence-corrected chi connectivity index (χ2v) is 5.63. The summed E-state index contributed by atoms with van der Waals surface area (Å²) < 4.78 is 19.3. The lowest BCUT2D eigenvalue weighted by molar-refractivity contribution is 0.144. The summed E-state index contributed by atoms with van der Waals surface area (Å²) >= 11 is 0. The van der Waals surface area contributed by atoms with Gasteiger partial charge in [0.1, 0.15) is 11.6 Å². The van der Waals surface area contributed by atoms with E-state index in [0.717, 1.165) is 17.7 Å². The molecule has 0 saturated heterocycles. The minimum atomic E-state index is -0.656. The van der Waals surface area contributed by atoms with E-state index in [-0.39, 0.29) is 11.7 Å².